The van der Waals surface area contributed by atoms with Crippen LogP contribution in [0.1, 0.15) is 34.8 Å². The normalized spacial score (nSPS) is 11.1. The van der Waals surface area contributed by atoms with Gasteiger partial charge in [0.1, 0.15) is 0 Å². The first-order valence-corrected chi connectivity index (χ1v) is 10.4. The van der Waals surface area contributed by atoms with Gasteiger partial charge >= 0.3 is 0 Å². The Morgan fingerprint density at radius 1 is 0.935 bits per heavy atom. The van der Waals surface area contributed by atoms with Gasteiger partial charge in [0.2, 0.25) is 5.91 Å². The molecule has 0 spiro atoms. The monoisotopic (exact) mass is 453 g/mol. The fourth-order valence-corrected chi connectivity index (χ4v) is 3.33. The van der Waals surface area contributed by atoms with Gasteiger partial charge in [-0.1, -0.05) is 65.7 Å². The maximum atomic E-state index is 12.4. The van der Waals surface area contributed by atoms with Gasteiger partial charge < -0.3 is 5.32 Å². The van der Waals surface area contributed by atoms with Crippen LogP contribution in [-0.4, -0.2) is 17.5 Å². The fraction of sp³-hybridized carbons (Fsp3) is 0.125. The van der Waals surface area contributed by atoms with Gasteiger partial charge in [0.05, 0.1) is 16.3 Å². The standard InChI is InChI=1S/C24H21Cl2N3O2/c1-16(28-29-23(30)14-7-17-5-3-2-4-6-17)18-8-11-20(12-9-18)27-24(31)21-13-10-19(25)15-22(21)26/h2-6,8-13,15H,7,14H2,1H3,(H,27,31)(H,29,30)/b28-16+. The number of carbonyl (C=O) groups excluding carboxylic acids is 2. The van der Waals surface area contributed by atoms with Crippen LogP contribution in [0.15, 0.2) is 77.9 Å². The number of benzene rings is 3. The van der Waals surface area contributed by atoms with Crippen molar-refractivity contribution in [2.75, 3.05) is 5.32 Å². The van der Waals surface area contributed by atoms with Gasteiger partial charge in [0, 0.05) is 17.1 Å². The molecule has 31 heavy (non-hydrogen) atoms. The number of amides is 2. The molecule has 2 N–H and O–H groups in total. The van der Waals surface area contributed by atoms with E-state index in [-0.39, 0.29) is 16.8 Å². The van der Waals surface area contributed by atoms with E-state index in [2.05, 4.69) is 15.8 Å². The summed E-state index contributed by atoms with van der Waals surface area (Å²) in [6.07, 6.45) is 1.02. The number of carbonyl (C=O) groups is 2. The first-order chi connectivity index (χ1) is 14.9. The number of hydrazone groups is 1. The van der Waals surface area contributed by atoms with Crippen LogP contribution in [0, 0.1) is 0 Å². The maximum absolute atomic E-state index is 12.4. The summed E-state index contributed by atoms with van der Waals surface area (Å²) in [4.78, 5) is 24.4. The Morgan fingerprint density at radius 2 is 1.65 bits per heavy atom. The van der Waals surface area contributed by atoms with Gasteiger partial charge in [-0.2, -0.15) is 5.10 Å². The second-order valence-electron chi connectivity index (χ2n) is 6.87. The lowest BCUT2D eigenvalue weighted by molar-refractivity contribution is -0.121. The molecule has 0 radical (unpaired) electrons. The number of hydrogen-bond acceptors (Lipinski definition) is 3. The van der Waals surface area contributed by atoms with Crippen molar-refractivity contribution in [3.63, 3.8) is 0 Å². The number of nitrogens with one attached hydrogen (secondary N) is 2. The molecule has 0 heterocycles. The van der Waals surface area contributed by atoms with Gasteiger partial charge in [-0.05, 0) is 54.8 Å². The molecule has 0 aromatic heterocycles. The van der Waals surface area contributed by atoms with Gasteiger partial charge in [-0.3, -0.25) is 9.59 Å². The van der Waals surface area contributed by atoms with Gasteiger partial charge in [0.15, 0.2) is 0 Å². The highest BCUT2D eigenvalue weighted by Crippen LogP contribution is 2.22. The molecule has 2 amide bonds. The molecule has 0 aliphatic carbocycles. The van der Waals surface area contributed by atoms with Crippen LogP contribution in [-0.2, 0) is 11.2 Å². The van der Waals surface area contributed by atoms with Crippen LogP contribution in [0.3, 0.4) is 0 Å². The Balaban J connectivity index is 1.54. The molecule has 0 bridgehead atoms. The van der Waals surface area contributed by atoms with Crippen molar-refractivity contribution >= 4 is 46.4 Å². The highest BCUT2D eigenvalue weighted by Gasteiger charge is 2.11. The molecule has 0 unspecified atom stereocenters. The van der Waals surface area contributed by atoms with E-state index in [1.165, 1.54) is 6.07 Å². The molecule has 5 nitrogen and oxygen atoms in total. The Morgan fingerprint density at radius 3 is 2.32 bits per heavy atom. The predicted octanol–water partition coefficient (Wildman–Crippen LogP) is 5.72. The van der Waals surface area contributed by atoms with Crippen LogP contribution in [0.4, 0.5) is 5.69 Å². The molecular formula is C24H21Cl2N3O2. The highest BCUT2D eigenvalue weighted by atomic mass is 35.5. The third-order valence-corrected chi connectivity index (χ3v) is 5.12. The smallest absolute Gasteiger partial charge is 0.257 e. The molecule has 0 aliphatic rings. The Kier molecular flexibility index (Phi) is 7.82. The van der Waals surface area contributed by atoms with Gasteiger partial charge in [-0.15, -0.1) is 0 Å². The number of rotatable bonds is 7. The lowest BCUT2D eigenvalue weighted by Crippen LogP contribution is -2.19. The topological polar surface area (TPSA) is 70.6 Å². The summed E-state index contributed by atoms with van der Waals surface area (Å²) >= 11 is 11.9. The number of hydrogen-bond donors (Lipinski definition) is 2. The molecular weight excluding hydrogens is 433 g/mol. The Hall–Kier alpha value is -3.15. The Bertz CT molecular complexity index is 1100. The van der Waals surface area contributed by atoms with E-state index >= 15 is 0 Å². The summed E-state index contributed by atoms with van der Waals surface area (Å²) in [5, 5.41) is 7.71. The molecule has 3 rings (SSSR count). The molecule has 0 fully saturated rings. The minimum atomic E-state index is -0.328. The summed E-state index contributed by atoms with van der Waals surface area (Å²) in [5.74, 6) is -0.475. The molecule has 7 heteroatoms. The zero-order valence-corrected chi connectivity index (χ0v) is 18.4. The van der Waals surface area contributed by atoms with Crippen LogP contribution < -0.4 is 10.7 Å². The van der Waals surface area contributed by atoms with E-state index in [1.807, 2.05) is 42.5 Å². The van der Waals surface area contributed by atoms with Crippen LogP contribution in [0.2, 0.25) is 10.0 Å². The third kappa shape index (κ3) is 6.67. The minimum absolute atomic E-state index is 0.146. The number of nitrogens with zero attached hydrogens (tertiary/aromatic N) is 1. The molecule has 0 saturated carbocycles. The second-order valence-corrected chi connectivity index (χ2v) is 7.72. The minimum Gasteiger partial charge on any atom is -0.322 e. The second kappa shape index (κ2) is 10.8. The quantitative estimate of drug-likeness (QED) is 0.354. The fourth-order valence-electron chi connectivity index (χ4n) is 2.84. The van der Waals surface area contributed by atoms with Crippen LogP contribution in [0.5, 0.6) is 0 Å². The van der Waals surface area contributed by atoms with E-state index in [0.717, 1.165) is 11.1 Å². The lowest BCUT2D eigenvalue weighted by Gasteiger charge is -2.08. The highest BCUT2D eigenvalue weighted by molar-refractivity contribution is 6.37. The average Bonchev–Trinajstić information content (AvgIpc) is 2.77. The van der Waals surface area contributed by atoms with Crippen molar-refractivity contribution in [1.29, 1.82) is 0 Å². The van der Waals surface area contributed by atoms with E-state index in [0.29, 0.717) is 34.8 Å². The van der Waals surface area contributed by atoms with Crippen molar-refractivity contribution in [2.45, 2.75) is 19.8 Å². The van der Waals surface area contributed by atoms with Crippen LogP contribution >= 0.6 is 23.2 Å². The van der Waals surface area contributed by atoms with E-state index in [4.69, 9.17) is 23.2 Å². The summed E-state index contributed by atoms with van der Waals surface area (Å²) in [5.41, 5.74) is 6.12. The third-order valence-electron chi connectivity index (χ3n) is 4.57. The number of aryl methyl sites for hydroxylation is 1. The summed E-state index contributed by atoms with van der Waals surface area (Å²) in [6, 6.07) is 21.7. The molecule has 158 valence electrons. The zero-order valence-electron chi connectivity index (χ0n) is 16.9. The SMILES string of the molecule is C/C(=N\NC(=O)CCc1ccccc1)c1ccc(NC(=O)c2ccc(Cl)cc2Cl)cc1. The van der Waals surface area contributed by atoms with Gasteiger partial charge in [0.25, 0.3) is 5.91 Å². The summed E-state index contributed by atoms with van der Waals surface area (Å²) in [6.45, 7) is 1.80. The first kappa shape index (κ1) is 22.5. The first-order valence-electron chi connectivity index (χ1n) is 9.66. The number of anilines is 1. The van der Waals surface area contributed by atoms with Crippen molar-refractivity contribution in [2.24, 2.45) is 5.10 Å². The average molecular weight is 454 g/mol. The van der Waals surface area contributed by atoms with Crippen molar-refractivity contribution in [1.82, 2.24) is 5.43 Å². The summed E-state index contributed by atoms with van der Waals surface area (Å²) in [7, 11) is 0. The zero-order chi connectivity index (χ0) is 22.2. The largest absolute Gasteiger partial charge is 0.322 e. The van der Waals surface area contributed by atoms with Crippen LogP contribution in [0.25, 0.3) is 0 Å². The Labute approximate surface area is 191 Å². The molecule has 0 saturated heterocycles. The van der Waals surface area contributed by atoms with Gasteiger partial charge in [-0.25, -0.2) is 5.43 Å². The number of halogens is 2. The predicted molar refractivity (Wildman–Crippen MR) is 126 cm³/mol. The lowest BCUT2D eigenvalue weighted by atomic mass is 10.1. The van der Waals surface area contributed by atoms with E-state index < -0.39 is 0 Å². The summed E-state index contributed by atoms with van der Waals surface area (Å²) < 4.78 is 0. The van der Waals surface area contributed by atoms with Crippen molar-refractivity contribution in [3.8, 4) is 0 Å². The molecule has 0 aliphatic heterocycles. The maximum Gasteiger partial charge on any atom is 0.257 e. The van der Waals surface area contributed by atoms with Crippen molar-refractivity contribution in [3.05, 3.63) is 99.5 Å². The van der Waals surface area contributed by atoms with E-state index in [1.54, 1.807) is 31.2 Å². The molecule has 3 aromatic rings. The molecule has 0 atom stereocenters. The molecule has 3 aromatic carbocycles. The van der Waals surface area contributed by atoms with Crippen molar-refractivity contribution < 1.29 is 9.59 Å². The van der Waals surface area contributed by atoms with E-state index in [9.17, 15) is 9.59 Å².